The summed E-state index contributed by atoms with van der Waals surface area (Å²) in [5.74, 6) is 0.301. The normalized spacial score (nSPS) is 34.6. The highest BCUT2D eigenvalue weighted by molar-refractivity contribution is 5.87. The number of allylic oxidation sites excluding steroid dienone is 1. The Labute approximate surface area is 162 Å². The summed E-state index contributed by atoms with van der Waals surface area (Å²) in [6.45, 7) is 12.9. The van der Waals surface area contributed by atoms with Gasteiger partial charge in [0.15, 0.2) is 0 Å². The van der Waals surface area contributed by atoms with Gasteiger partial charge >= 0.3 is 11.9 Å². The van der Waals surface area contributed by atoms with Crippen LogP contribution >= 0.6 is 0 Å². The number of hydrogen-bond acceptors (Lipinski definition) is 5. The number of carbonyl (C=O) groups excluding carboxylic acids is 3. The van der Waals surface area contributed by atoms with E-state index in [0.29, 0.717) is 30.1 Å². The molecule has 2 saturated carbocycles. The van der Waals surface area contributed by atoms with Crippen LogP contribution in [-0.2, 0) is 23.9 Å². The summed E-state index contributed by atoms with van der Waals surface area (Å²) in [6.07, 6.45) is 3.39. The minimum atomic E-state index is -0.777. The second kappa shape index (κ2) is 8.15. The van der Waals surface area contributed by atoms with Crippen LogP contribution < -0.4 is 0 Å². The molecule has 5 nitrogen and oxygen atoms in total. The van der Waals surface area contributed by atoms with Gasteiger partial charge in [0, 0.05) is 30.8 Å². The highest BCUT2D eigenvalue weighted by Crippen LogP contribution is 2.50. The second-order valence-corrected chi connectivity index (χ2v) is 8.95. The number of ketones is 1. The van der Waals surface area contributed by atoms with Crippen molar-refractivity contribution < 1.29 is 23.9 Å². The number of hydrogen-bond donors (Lipinski definition) is 0. The molecule has 6 atom stereocenters. The topological polar surface area (TPSA) is 69.7 Å². The molecule has 0 heterocycles. The zero-order chi connectivity index (χ0) is 20.5. The van der Waals surface area contributed by atoms with E-state index in [2.05, 4.69) is 6.92 Å². The molecular formula is C22H34O5. The van der Waals surface area contributed by atoms with Gasteiger partial charge in [-0.1, -0.05) is 19.9 Å². The van der Waals surface area contributed by atoms with Crippen molar-refractivity contribution in [2.75, 3.05) is 0 Å². The summed E-state index contributed by atoms with van der Waals surface area (Å²) in [6, 6.07) is 0. The Morgan fingerprint density at radius 2 is 1.74 bits per heavy atom. The Morgan fingerprint density at radius 3 is 2.30 bits per heavy atom. The van der Waals surface area contributed by atoms with Gasteiger partial charge in [-0.25, -0.2) is 4.79 Å². The van der Waals surface area contributed by atoms with Gasteiger partial charge in [-0.3, -0.25) is 9.59 Å². The molecule has 2 fully saturated rings. The van der Waals surface area contributed by atoms with Crippen molar-refractivity contribution in [3.63, 3.8) is 0 Å². The van der Waals surface area contributed by atoms with Crippen LogP contribution in [-0.4, -0.2) is 29.4 Å². The molecule has 2 aliphatic carbocycles. The van der Waals surface area contributed by atoms with Gasteiger partial charge in [0.05, 0.1) is 0 Å². The van der Waals surface area contributed by atoms with Crippen LogP contribution in [0, 0.1) is 29.6 Å². The Hall–Kier alpha value is -1.65. The average molecular weight is 379 g/mol. The standard InChI is InChI=1S/C22H34O5/c1-8-12(2)21(25)26-20-9-13(3)16-11-19(24)14(4)17(16)10-18(20)22(6,7)27-15(5)23/h8,13-14,16-18,20H,9-11H2,1-7H3/b12-8-/t13-,14-,16-,17+,18-,20+/m0/s1. The van der Waals surface area contributed by atoms with Crippen LogP contribution in [0.3, 0.4) is 0 Å². The van der Waals surface area contributed by atoms with E-state index in [4.69, 9.17) is 9.47 Å². The van der Waals surface area contributed by atoms with E-state index in [1.807, 2.05) is 27.7 Å². The fraction of sp³-hybridized carbons (Fsp3) is 0.773. The van der Waals surface area contributed by atoms with Crippen molar-refractivity contribution in [2.45, 2.75) is 79.4 Å². The maximum Gasteiger partial charge on any atom is 0.333 e. The molecule has 27 heavy (non-hydrogen) atoms. The summed E-state index contributed by atoms with van der Waals surface area (Å²) >= 11 is 0. The van der Waals surface area contributed by atoms with Gasteiger partial charge in [-0.2, -0.15) is 0 Å². The van der Waals surface area contributed by atoms with Crippen LogP contribution in [0.2, 0.25) is 0 Å². The fourth-order valence-electron chi connectivity index (χ4n) is 4.99. The van der Waals surface area contributed by atoms with Crippen LogP contribution in [0.1, 0.15) is 67.7 Å². The van der Waals surface area contributed by atoms with Crippen molar-refractivity contribution >= 4 is 17.7 Å². The number of esters is 2. The first-order chi connectivity index (χ1) is 12.5. The molecule has 2 rings (SSSR count). The quantitative estimate of drug-likeness (QED) is 0.544. The Kier molecular flexibility index (Phi) is 6.54. The van der Waals surface area contributed by atoms with Crippen molar-refractivity contribution in [3.8, 4) is 0 Å². The minimum absolute atomic E-state index is 0.000182. The van der Waals surface area contributed by atoms with E-state index >= 15 is 0 Å². The van der Waals surface area contributed by atoms with Crippen molar-refractivity contribution in [2.24, 2.45) is 29.6 Å². The van der Waals surface area contributed by atoms with Gasteiger partial charge < -0.3 is 9.47 Å². The number of rotatable bonds is 4. The molecule has 0 saturated heterocycles. The molecule has 152 valence electrons. The molecule has 0 aromatic carbocycles. The van der Waals surface area contributed by atoms with E-state index in [1.165, 1.54) is 6.92 Å². The van der Waals surface area contributed by atoms with E-state index in [-0.39, 0.29) is 41.7 Å². The molecule has 0 radical (unpaired) electrons. The zero-order valence-electron chi connectivity index (χ0n) is 17.7. The SMILES string of the molecule is C/C=C(/C)C(=O)O[C@@H]1C[C@H](C)[C@@H]2CC(=O)[C@@H](C)[C@H]2C[C@@H]1C(C)(C)OC(C)=O. The number of ether oxygens (including phenoxy) is 2. The molecule has 0 aromatic rings. The molecule has 0 aromatic heterocycles. The van der Waals surface area contributed by atoms with Gasteiger partial charge in [-0.15, -0.1) is 0 Å². The van der Waals surface area contributed by atoms with E-state index in [1.54, 1.807) is 13.0 Å². The molecule has 5 heteroatoms. The molecule has 2 aliphatic rings. The third-order valence-electron chi connectivity index (χ3n) is 6.76. The second-order valence-electron chi connectivity index (χ2n) is 8.95. The first kappa shape index (κ1) is 21.6. The van der Waals surface area contributed by atoms with Crippen LogP contribution in [0.15, 0.2) is 11.6 Å². The van der Waals surface area contributed by atoms with Crippen molar-refractivity contribution in [3.05, 3.63) is 11.6 Å². The molecular weight excluding hydrogens is 344 g/mol. The van der Waals surface area contributed by atoms with Gasteiger partial charge in [0.1, 0.15) is 17.5 Å². The minimum Gasteiger partial charge on any atom is -0.459 e. The van der Waals surface area contributed by atoms with Crippen LogP contribution in [0.4, 0.5) is 0 Å². The lowest BCUT2D eigenvalue weighted by Gasteiger charge is -2.39. The summed E-state index contributed by atoms with van der Waals surface area (Å²) in [4.78, 5) is 36.5. The highest BCUT2D eigenvalue weighted by atomic mass is 16.6. The molecule has 0 unspecified atom stereocenters. The Bertz CT molecular complexity index is 633. The fourth-order valence-corrected chi connectivity index (χ4v) is 4.99. The van der Waals surface area contributed by atoms with Crippen LogP contribution in [0.5, 0.6) is 0 Å². The summed E-state index contributed by atoms with van der Waals surface area (Å²) in [5, 5.41) is 0. The van der Waals surface area contributed by atoms with Gasteiger partial charge in [0.2, 0.25) is 0 Å². The Morgan fingerprint density at radius 1 is 1.11 bits per heavy atom. The summed E-state index contributed by atoms with van der Waals surface area (Å²) in [7, 11) is 0. The van der Waals surface area contributed by atoms with Gasteiger partial charge in [-0.05, 0) is 58.3 Å². The molecule has 0 spiro atoms. The smallest absolute Gasteiger partial charge is 0.333 e. The van der Waals surface area contributed by atoms with E-state index in [9.17, 15) is 14.4 Å². The Balaban J connectivity index is 2.38. The summed E-state index contributed by atoms with van der Waals surface area (Å²) in [5.41, 5.74) is -0.208. The molecule has 0 aliphatic heterocycles. The maximum absolute atomic E-state index is 12.5. The van der Waals surface area contributed by atoms with Crippen LogP contribution in [0.25, 0.3) is 0 Å². The lowest BCUT2D eigenvalue weighted by Crippen LogP contribution is -2.45. The molecule has 0 bridgehead atoms. The molecule has 0 N–H and O–H groups in total. The lowest BCUT2D eigenvalue weighted by atomic mass is 9.76. The number of Topliss-reactive ketones (excluding diaryl/α,β-unsaturated/α-hetero) is 1. The predicted octanol–water partition coefficient (Wildman–Crippen LogP) is 4.09. The van der Waals surface area contributed by atoms with Crippen molar-refractivity contribution in [1.82, 2.24) is 0 Å². The maximum atomic E-state index is 12.5. The number of carbonyl (C=O) groups is 3. The van der Waals surface area contributed by atoms with E-state index in [0.717, 1.165) is 6.42 Å². The third-order valence-corrected chi connectivity index (χ3v) is 6.76. The first-order valence-corrected chi connectivity index (χ1v) is 10.0. The monoisotopic (exact) mass is 378 g/mol. The number of fused-ring (bicyclic) bond motifs is 1. The average Bonchev–Trinajstić information content (AvgIpc) is 2.76. The zero-order valence-corrected chi connectivity index (χ0v) is 17.7. The van der Waals surface area contributed by atoms with Crippen molar-refractivity contribution in [1.29, 1.82) is 0 Å². The lowest BCUT2D eigenvalue weighted by molar-refractivity contribution is -0.171. The third kappa shape index (κ3) is 4.61. The van der Waals surface area contributed by atoms with E-state index < -0.39 is 5.60 Å². The van der Waals surface area contributed by atoms with Gasteiger partial charge in [0.25, 0.3) is 0 Å². The largest absolute Gasteiger partial charge is 0.459 e. The molecule has 0 amide bonds. The predicted molar refractivity (Wildman–Crippen MR) is 103 cm³/mol. The highest BCUT2D eigenvalue weighted by Gasteiger charge is 2.51. The first-order valence-electron chi connectivity index (χ1n) is 10.0. The summed E-state index contributed by atoms with van der Waals surface area (Å²) < 4.78 is 11.6.